The Morgan fingerprint density at radius 3 is 2.55 bits per heavy atom. The van der Waals surface area contributed by atoms with Crippen LogP contribution in [0.5, 0.6) is 5.75 Å². The van der Waals surface area contributed by atoms with Crippen LogP contribution in [0.25, 0.3) is 0 Å². The van der Waals surface area contributed by atoms with Gasteiger partial charge in [0.2, 0.25) is 3.79 Å². The van der Waals surface area contributed by atoms with Crippen molar-refractivity contribution in [2.24, 2.45) is 0 Å². The highest BCUT2D eigenvalue weighted by Crippen LogP contribution is 2.51. The van der Waals surface area contributed by atoms with Crippen LogP contribution < -0.4 is 10.1 Å². The molecule has 2 unspecified atom stereocenters. The molecule has 0 spiro atoms. The number of para-hydroxylation sites is 1. The number of carbonyl (C=O) groups excluding carboxylic acids is 2. The second-order valence-corrected chi connectivity index (χ2v) is 11.8. The van der Waals surface area contributed by atoms with E-state index in [-0.39, 0.29) is 30.5 Å². The van der Waals surface area contributed by atoms with E-state index in [1.165, 1.54) is 11.8 Å². The second kappa shape index (κ2) is 8.67. The zero-order valence-electron chi connectivity index (χ0n) is 15.6. The molecule has 2 aliphatic rings. The van der Waals surface area contributed by atoms with Crippen LogP contribution in [0.2, 0.25) is 0 Å². The van der Waals surface area contributed by atoms with E-state index < -0.39 is 20.6 Å². The molecule has 2 heterocycles. The zero-order chi connectivity index (χ0) is 21.4. The van der Waals surface area contributed by atoms with E-state index in [0.29, 0.717) is 10.7 Å². The SMILES string of the molecule is CC1(C)SC2[C@@H](NC(=O)COc3ccccc3)C(=S)N2C1C(=O)OCC(Cl)(Cl)Cl. The number of thioether (sulfide) groups is 1. The van der Waals surface area contributed by atoms with Crippen molar-refractivity contribution in [2.45, 2.75) is 39.8 Å². The fraction of sp³-hybridized carbons (Fsp3) is 0.500. The molecule has 1 N–H and O–H groups in total. The van der Waals surface area contributed by atoms with Gasteiger partial charge >= 0.3 is 5.97 Å². The molecule has 0 bridgehead atoms. The molecule has 1 aromatic carbocycles. The number of amides is 1. The number of ether oxygens (including phenoxy) is 2. The molecule has 0 saturated carbocycles. The van der Waals surface area contributed by atoms with Gasteiger partial charge in [-0.15, -0.1) is 11.8 Å². The number of nitrogens with zero attached hydrogens (tertiary/aromatic N) is 1. The van der Waals surface area contributed by atoms with Gasteiger partial charge in [-0.3, -0.25) is 4.79 Å². The van der Waals surface area contributed by atoms with Gasteiger partial charge in [0, 0.05) is 4.75 Å². The minimum absolute atomic E-state index is 0.126. The average Bonchev–Trinajstić information content (AvgIpc) is 2.91. The highest BCUT2D eigenvalue weighted by Gasteiger charge is 2.62. The maximum absolute atomic E-state index is 12.6. The van der Waals surface area contributed by atoms with Gasteiger partial charge in [0.25, 0.3) is 5.91 Å². The summed E-state index contributed by atoms with van der Waals surface area (Å²) in [7, 11) is 0. The Kier molecular flexibility index (Phi) is 6.80. The van der Waals surface area contributed by atoms with Crippen molar-refractivity contribution in [3.8, 4) is 5.75 Å². The van der Waals surface area contributed by atoms with Crippen LogP contribution in [0.1, 0.15) is 13.8 Å². The van der Waals surface area contributed by atoms with E-state index >= 15 is 0 Å². The lowest BCUT2D eigenvalue weighted by atomic mass is 9.96. The predicted octanol–water partition coefficient (Wildman–Crippen LogP) is 3.33. The van der Waals surface area contributed by atoms with Crippen LogP contribution in [0, 0.1) is 0 Å². The number of hydrogen-bond donors (Lipinski definition) is 1. The van der Waals surface area contributed by atoms with Crippen molar-refractivity contribution >= 4 is 75.6 Å². The maximum atomic E-state index is 12.6. The Labute approximate surface area is 193 Å². The Balaban J connectivity index is 1.58. The van der Waals surface area contributed by atoms with Gasteiger partial charge < -0.3 is 19.7 Å². The first-order chi connectivity index (χ1) is 13.5. The Bertz CT molecular complexity index is 804. The normalized spacial score (nSPS) is 25.1. The number of carbonyl (C=O) groups is 2. The summed E-state index contributed by atoms with van der Waals surface area (Å²) < 4.78 is 8.45. The van der Waals surface area contributed by atoms with Crippen molar-refractivity contribution in [1.82, 2.24) is 10.2 Å². The number of esters is 1. The van der Waals surface area contributed by atoms with Crippen LogP contribution in [0.3, 0.4) is 0 Å². The largest absolute Gasteiger partial charge is 0.484 e. The highest BCUT2D eigenvalue weighted by molar-refractivity contribution is 8.02. The molecule has 0 radical (unpaired) electrons. The Morgan fingerprint density at radius 2 is 1.93 bits per heavy atom. The molecule has 1 amide bonds. The van der Waals surface area contributed by atoms with Crippen LogP contribution >= 0.6 is 58.8 Å². The average molecular weight is 498 g/mol. The molecule has 2 saturated heterocycles. The molecule has 6 nitrogen and oxygen atoms in total. The molecule has 29 heavy (non-hydrogen) atoms. The van der Waals surface area contributed by atoms with Gasteiger partial charge in [0.15, 0.2) is 6.61 Å². The molecular weight excluding hydrogens is 479 g/mol. The van der Waals surface area contributed by atoms with Gasteiger partial charge in [-0.2, -0.15) is 0 Å². The third kappa shape index (κ3) is 5.22. The quantitative estimate of drug-likeness (QED) is 0.367. The summed E-state index contributed by atoms with van der Waals surface area (Å²) in [5.41, 5.74) is 0. The molecule has 0 aromatic heterocycles. The molecule has 3 atom stereocenters. The highest BCUT2D eigenvalue weighted by atomic mass is 35.6. The number of hydrogen-bond acceptors (Lipinski definition) is 6. The number of rotatable bonds is 6. The Hall–Kier alpha value is -0.930. The molecule has 2 fully saturated rings. The van der Waals surface area contributed by atoms with Crippen LogP contribution in [-0.4, -0.2) is 61.0 Å². The van der Waals surface area contributed by atoms with Crippen molar-refractivity contribution < 1.29 is 19.1 Å². The predicted molar refractivity (Wildman–Crippen MR) is 119 cm³/mol. The number of halogens is 3. The third-order valence-corrected chi connectivity index (χ3v) is 6.84. The van der Waals surface area contributed by atoms with E-state index in [4.69, 9.17) is 56.5 Å². The van der Waals surface area contributed by atoms with E-state index in [9.17, 15) is 9.59 Å². The lowest BCUT2D eigenvalue weighted by Gasteiger charge is -2.46. The topological polar surface area (TPSA) is 67.9 Å². The van der Waals surface area contributed by atoms with Crippen molar-refractivity contribution in [1.29, 1.82) is 0 Å². The first-order valence-electron chi connectivity index (χ1n) is 8.70. The fourth-order valence-corrected chi connectivity index (χ4v) is 5.61. The third-order valence-electron chi connectivity index (χ3n) is 4.47. The summed E-state index contributed by atoms with van der Waals surface area (Å²) in [5, 5.41) is 2.70. The summed E-state index contributed by atoms with van der Waals surface area (Å²) in [6, 6.07) is 8.05. The van der Waals surface area contributed by atoms with E-state index in [2.05, 4.69) is 5.32 Å². The second-order valence-electron chi connectivity index (χ2n) is 7.13. The van der Waals surface area contributed by atoms with Crippen molar-refractivity contribution in [2.75, 3.05) is 13.2 Å². The molecule has 1 aromatic rings. The lowest BCUT2D eigenvalue weighted by molar-refractivity contribution is -0.149. The molecular formula is C18H19Cl3N2O4S2. The van der Waals surface area contributed by atoms with Crippen LogP contribution in [0.4, 0.5) is 0 Å². The number of thiocarbonyl (C=S) groups is 1. The smallest absolute Gasteiger partial charge is 0.330 e. The number of alkyl halides is 3. The summed E-state index contributed by atoms with van der Waals surface area (Å²) in [5.74, 6) is -0.203. The maximum Gasteiger partial charge on any atom is 0.330 e. The van der Waals surface area contributed by atoms with E-state index in [1.807, 2.05) is 32.0 Å². The van der Waals surface area contributed by atoms with Crippen molar-refractivity contribution in [3.63, 3.8) is 0 Å². The van der Waals surface area contributed by atoms with Gasteiger partial charge in [-0.25, -0.2) is 4.79 Å². The summed E-state index contributed by atoms with van der Waals surface area (Å²) in [6.07, 6.45) is 0. The first-order valence-corrected chi connectivity index (χ1v) is 11.1. The number of benzene rings is 1. The minimum Gasteiger partial charge on any atom is -0.484 e. The standard InChI is InChI=1S/C18H19Cl3N2O4S2/c1-17(2)13(16(25)27-9-18(19,20)21)23-14(28)12(15(23)29-17)22-11(24)8-26-10-6-4-3-5-7-10/h3-7,12-13,15H,8-9H2,1-2H3,(H,22,24)/t12-,13?,15?/m0/s1. The van der Waals surface area contributed by atoms with Gasteiger partial charge in [0.1, 0.15) is 34.8 Å². The summed E-state index contributed by atoms with van der Waals surface area (Å²) >= 11 is 24.0. The van der Waals surface area contributed by atoms with Gasteiger partial charge in [-0.1, -0.05) is 65.2 Å². The zero-order valence-corrected chi connectivity index (χ0v) is 19.5. The van der Waals surface area contributed by atoms with E-state index in [0.717, 1.165) is 0 Å². The minimum atomic E-state index is -1.68. The molecule has 0 aliphatic carbocycles. The fourth-order valence-electron chi connectivity index (χ4n) is 3.24. The monoisotopic (exact) mass is 496 g/mol. The van der Waals surface area contributed by atoms with Crippen LogP contribution in [-0.2, 0) is 14.3 Å². The molecule has 3 rings (SSSR count). The first kappa shape index (κ1) is 22.7. The molecule has 11 heteroatoms. The van der Waals surface area contributed by atoms with Crippen molar-refractivity contribution in [3.05, 3.63) is 30.3 Å². The van der Waals surface area contributed by atoms with Crippen LogP contribution in [0.15, 0.2) is 30.3 Å². The molecule has 2 aliphatic heterocycles. The summed E-state index contributed by atoms with van der Waals surface area (Å²) in [6.45, 7) is 3.35. The van der Waals surface area contributed by atoms with E-state index in [1.54, 1.807) is 17.0 Å². The Morgan fingerprint density at radius 1 is 1.28 bits per heavy atom. The number of fused-ring (bicyclic) bond motifs is 1. The van der Waals surface area contributed by atoms with Gasteiger partial charge in [0.05, 0.1) is 0 Å². The molecule has 158 valence electrons. The number of nitrogens with one attached hydrogen (secondary N) is 1. The lowest BCUT2D eigenvalue weighted by Crippen LogP contribution is -2.70. The summed E-state index contributed by atoms with van der Waals surface area (Å²) in [4.78, 5) is 27.1. The van der Waals surface area contributed by atoms with Gasteiger partial charge in [-0.05, 0) is 26.0 Å².